The van der Waals surface area contributed by atoms with Crippen molar-refractivity contribution in [2.45, 2.75) is 49.9 Å². The maximum Gasteiger partial charge on any atom is 0.283 e. The molecule has 0 atom stereocenters. The van der Waals surface area contributed by atoms with Gasteiger partial charge >= 0.3 is 0 Å². The zero-order valence-corrected chi connectivity index (χ0v) is 14.1. The second kappa shape index (κ2) is 9.22. The summed E-state index contributed by atoms with van der Waals surface area (Å²) in [5, 5.41) is 0. The number of methoxy groups -OCH3 is 2. The van der Waals surface area contributed by atoms with E-state index in [-0.39, 0.29) is 25.4 Å². The molecule has 5 nitrogen and oxygen atoms in total. The monoisotopic (exact) mass is 337 g/mol. The number of ether oxygens (including phenoxy) is 4. The van der Waals surface area contributed by atoms with Crippen molar-refractivity contribution >= 4 is 0 Å². The van der Waals surface area contributed by atoms with Crippen LogP contribution in [0.2, 0.25) is 0 Å². The Morgan fingerprint density at radius 3 is 2.30 bits per heavy atom. The van der Waals surface area contributed by atoms with Gasteiger partial charge in [0.05, 0.1) is 38.1 Å². The molecule has 2 aliphatic rings. The maximum atomic E-state index is 13.8. The molecule has 1 saturated heterocycles. The van der Waals surface area contributed by atoms with Gasteiger partial charge in [0.1, 0.15) is 6.61 Å². The minimum absolute atomic E-state index is 0.195. The van der Waals surface area contributed by atoms with E-state index in [9.17, 15) is 8.78 Å². The summed E-state index contributed by atoms with van der Waals surface area (Å²) < 4.78 is 48.6. The van der Waals surface area contributed by atoms with Crippen LogP contribution < -0.4 is 0 Å². The third-order valence-corrected chi connectivity index (χ3v) is 4.50. The second-order valence-electron chi connectivity index (χ2n) is 6.46. The van der Waals surface area contributed by atoms with Crippen LogP contribution in [0.5, 0.6) is 0 Å². The number of hydrogen-bond acceptors (Lipinski definition) is 5. The Balaban J connectivity index is 1.58. The van der Waals surface area contributed by atoms with Crippen molar-refractivity contribution < 1.29 is 27.7 Å². The molecule has 1 aliphatic heterocycles. The van der Waals surface area contributed by atoms with Crippen molar-refractivity contribution in [3.05, 3.63) is 0 Å². The predicted molar refractivity (Wildman–Crippen MR) is 82.0 cm³/mol. The van der Waals surface area contributed by atoms with E-state index < -0.39 is 12.5 Å². The third-order valence-electron chi connectivity index (χ3n) is 4.50. The first-order valence-corrected chi connectivity index (χ1v) is 8.37. The zero-order chi connectivity index (χ0) is 16.7. The topological polar surface area (TPSA) is 40.2 Å². The molecule has 23 heavy (non-hydrogen) atoms. The smallest absolute Gasteiger partial charge is 0.283 e. The average molecular weight is 337 g/mol. The van der Waals surface area contributed by atoms with Crippen LogP contribution in [-0.4, -0.2) is 82.8 Å². The fraction of sp³-hybridized carbons (Fsp3) is 1.00. The number of likely N-dealkylation sites (tertiary alicyclic amines) is 1. The molecule has 0 aromatic rings. The van der Waals surface area contributed by atoms with Crippen LogP contribution in [0.15, 0.2) is 0 Å². The predicted octanol–water partition coefficient (Wildman–Crippen LogP) is 1.94. The molecule has 0 amide bonds. The molecule has 1 aliphatic carbocycles. The highest BCUT2D eigenvalue weighted by Crippen LogP contribution is 2.29. The summed E-state index contributed by atoms with van der Waals surface area (Å²) in [5.41, 5.74) is 0. The first-order chi connectivity index (χ1) is 11.0. The zero-order valence-electron chi connectivity index (χ0n) is 14.1. The molecule has 1 saturated carbocycles. The van der Waals surface area contributed by atoms with Crippen molar-refractivity contribution in [1.82, 2.24) is 4.90 Å². The number of alkyl halides is 2. The number of rotatable bonds is 10. The van der Waals surface area contributed by atoms with Crippen LogP contribution in [0.4, 0.5) is 8.78 Å². The molecule has 2 fully saturated rings. The molecule has 7 heteroatoms. The van der Waals surface area contributed by atoms with Crippen molar-refractivity contribution in [1.29, 1.82) is 0 Å². The normalized spacial score (nSPS) is 27.1. The molecular formula is C16H29F2NO4. The molecule has 0 bridgehead atoms. The molecule has 0 aromatic carbocycles. The van der Waals surface area contributed by atoms with Gasteiger partial charge in [-0.25, -0.2) is 8.78 Å². The summed E-state index contributed by atoms with van der Waals surface area (Å²) >= 11 is 0. The highest BCUT2D eigenvalue weighted by Gasteiger charge is 2.36. The molecule has 0 N–H and O–H groups in total. The summed E-state index contributed by atoms with van der Waals surface area (Å²) in [4.78, 5) is 1.80. The molecule has 0 radical (unpaired) electrons. The van der Waals surface area contributed by atoms with Crippen molar-refractivity contribution in [3.63, 3.8) is 0 Å². The molecule has 0 spiro atoms. The minimum atomic E-state index is -2.82. The average Bonchev–Trinajstić information content (AvgIpc) is 2.48. The van der Waals surface area contributed by atoms with E-state index >= 15 is 0 Å². The van der Waals surface area contributed by atoms with Gasteiger partial charge in [0.2, 0.25) is 0 Å². The van der Waals surface area contributed by atoms with Gasteiger partial charge in [-0.2, -0.15) is 0 Å². The lowest BCUT2D eigenvalue weighted by atomic mass is 9.91. The van der Waals surface area contributed by atoms with Gasteiger partial charge in [0.15, 0.2) is 0 Å². The lowest BCUT2D eigenvalue weighted by molar-refractivity contribution is -0.135. The quantitative estimate of drug-likeness (QED) is 0.570. The van der Waals surface area contributed by atoms with Gasteiger partial charge in [0.25, 0.3) is 5.92 Å². The largest absolute Gasteiger partial charge is 0.382 e. The Labute approximate surface area is 137 Å². The molecule has 136 valence electrons. The number of hydrogen-bond donors (Lipinski definition) is 0. The number of piperidine rings is 1. The van der Waals surface area contributed by atoms with Crippen molar-refractivity contribution in [2.75, 3.05) is 53.7 Å². The molecular weight excluding hydrogens is 308 g/mol. The molecule has 1 heterocycles. The van der Waals surface area contributed by atoms with Crippen LogP contribution >= 0.6 is 0 Å². The number of halogens is 2. The molecule has 2 rings (SSSR count). The van der Waals surface area contributed by atoms with E-state index in [2.05, 4.69) is 0 Å². The van der Waals surface area contributed by atoms with Gasteiger partial charge in [-0.1, -0.05) is 0 Å². The Bertz CT molecular complexity index is 332. The Hall–Kier alpha value is -0.340. The lowest BCUT2D eigenvalue weighted by Gasteiger charge is -2.39. The maximum absolute atomic E-state index is 13.8. The Kier molecular flexibility index (Phi) is 7.62. The highest BCUT2D eigenvalue weighted by molar-refractivity contribution is 4.84. The Morgan fingerprint density at radius 2 is 1.70 bits per heavy atom. The fourth-order valence-electron chi connectivity index (χ4n) is 3.03. The van der Waals surface area contributed by atoms with E-state index in [4.69, 9.17) is 18.9 Å². The lowest BCUT2D eigenvalue weighted by Crippen LogP contribution is -2.47. The van der Waals surface area contributed by atoms with Crippen LogP contribution in [-0.2, 0) is 18.9 Å². The van der Waals surface area contributed by atoms with Gasteiger partial charge < -0.3 is 18.9 Å². The third kappa shape index (κ3) is 6.58. The van der Waals surface area contributed by atoms with Crippen LogP contribution in [0, 0.1) is 0 Å². The standard InChI is InChI=1S/C16H29F2NO4/c1-20-7-8-22-12-16(17,18)11-19-5-3-13(4-6-19)23-15-9-14(10-15)21-2/h13-15H,3-12H2,1-2H3. The Morgan fingerprint density at radius 1 is 1.00 bits per heavy atom. The van der Waals surface area contributed by atoms with E-state index in [1.54, 1.807) is 12.0 Å². The summed E-state index contributed by atoms with van der Waals surface area (Å²) in [6.45, 7) is 1.04. The van der Waals surface area contributed by atoms with Crippen LogP contribution in [0.25, 0.3) is 0 Å². The van der Waals surface area contributed by atoms with Crippen LogP contribution in [0.3, 0.4) is 0 Å². The highest BCUT2D eigenvalue weighted by atomic mass is 19.3. The van der Waals surface area contributed by atoms with E-state index in [1.807, 2.05) is 0 Å². The first-order valence-electron chi connectivity index (χ1n) is 8.37. The van der Waals surface area contributed by atoms with Crippen molar-refractivity contribution in [3.8, 4) is 0 Å². The van der Waals surface area contributed by atoms with E-state index in [0.29, 0.717) is 25.8 Å². The van der Waals surface area contributed by atoms with E-state index in [1.165, 1.54) is 7.11 Å². The molecule has 0 unspecified atom stereocenters. The summed E-state index contributed by atoms with van der Waals surface area (Å²) in [6, 6.07) is 0. The minimum Gasteiger partial charge on any atom is -0.382 e. The fourth-order valence-corrected chi connectivity index (χ4v) is 3.03. The SMILES string of the molecule is COCCOCC(F)(F)CN1CCC(OC2CC(OC)C2)CC1. The van der Waals surface area contributed by atoms with Crippen LogP contribution in [0.1, 0.15) is 25.7 Å². The summed E-state index contributed by atoms with van der Waals surface area (Å²) in [6.07, 6.45) is 4.34. The summed E-state index contributed by atoms with van der Waals surface area (Å²) in [5.74, 6) is -2.82. The van der Waals surface area contributed by atoms with E-state index in [0.717, 1.165) is 25.7 Å². The van der Waals surface area contributed by atoms with Gasteiger partial charge in [-0.15, -0.1) is 0 Å². The van der Waals surface area contributed by atoms with Gasteiger partial charge in [-0.05, 0) is 25.7 Å². The van der Waals surface area contributed by atoms with Crippen molar-refractivity contribution in [2.24, 2.45) is 0 Å². The van der Waals surface area contributed by atoms with Gasteiger partial charge in [0, 0.05) is 27.3 Å². The van der Waals surface area contributed by atoms with Gasteiger partial charge in [-0.3, -0.25) is 4.90 Å². The first kappa shape index (κ1) is 19.0. The second-order valence-corrected chi connectivity index (χ2v) is 6.46. The number of nitrogens with zero attached hydrogens (tertiary/aromatic N) is 1. The molecule has 0 aromatic heterocycles. The summed E-state index contributed by atoms with van der Waals surface area (Å²) in [7, 11) is 3.24.